The van der Waals surface area contributed by atoms with Gasteiger partial charge >= 0.3 is 0 Å². The molecule has 0 saturated carbocycles. The lowest BCUT2D eigenvalue weighted by molar-refractivity contribution is 0.102. The Morgan fingerprint density at radius 3 is 2.89 bits per heavy atom. The summed E-state index contributed by atoms with van der Waals surface area (Å²) in [5.74, 6) is -0.0912. The third kappa shape index (κ3) is 2.95. The van der Waals surface area contributed by atoms with Crippen LogP contribution in [0.3, 0.4) is 0 Å². The van der Waals surface area contributed by atoms with Crippen molar-refractivity contribution >= 4 is 28.9 Å². The van der Waals surface area contributed by atoms with E-state index in [-0.39, 0.29) is 11.8 Å². The lowest BCUT2D eigenvalue weighted by Gasteiger charge is -2.10. The summed E-state index contributed by atoms with van der Waals surface area (Å²) >= 11 is 5.80. The molecule has 0 atom stereocenters. The van der Waals surface area contributed by atoms with Crippen molar-refractivity contribution in [2.75, 3.05) is 18.2 Å². The zero-order valence-corrected chi connectivity index (χ0v) is 10.9. The van der Waals surface area contributed by atoms with Crippen LogP contribution in [-0.4, -0.2) is 18.0 Å². The number of methoxy groups -OCH3 is 1. The Balaban J connectivity index is 2.26. The standard InChI is InChI=1S/C13H12ClN3O2/c1-19-13-9(3-2-6-16-13)12(18)17-11-5-4-8(14)7-10(11)15/h2-7H,15H2,1H3,(H,17,18). The van der Waals surface area contributed by atoms with Gasteiger partial charge < -0.3 is 15.8 Å². The van der Waals surface area contributed by atoms with Crippen molar-refractivity contribution < 1.29 is 9.53 Å². The lowest BCUT2D eigenvalue weighted by Crippen LogP contribution is -2.14. The summed E-state index contributed by atoms with van der Waals surface area (Å²) in [6, 6.07) is 8.12. The number of aromatic nitrogens is 1. The summed E-state index contributed by atoms with van der Waals surface area (Å²) in [5.41, 5.74) is 6.98. The third-order valence-corrected chi connectivity index (χ3v) is 2.71. The zero-order chi connectivity index (χ0) is 13.8. The van der Waals surface area contributed by atoms with Gasteiger partial charge in [-0.05, 0) is 30.3 Å². The molecule has 1 amide bonds. The molecule has 3 N–H and O–H groups in total. The molecule has 98 valence electrons. The van der Waals surface area contributed by atoms with Crippen LogP contribution in [0.4, 0.5) is 11.4 Å². The molecule has 0 aliphatic rings. The highest BCUT2D eigenvalue weighted by Gasteiger charge is 2.14. The van der Waals surface area contributed by atoms with Gasteiger partial charge in [0, 0.05) is 11.2 Å². The Hall–Kier alpha value is -2.27. The molecule has 6 heteroatoms. The molecule has 0 saturated heterocycles. The number of nitrogen functional groups attached to an aromatic ring is 1. The second-order valence-corrected chi connectivity index (χ2v) is 4.18. The molecular weight excluding hydrogens is 266 g/mol. The van der Waals surface area contributed by atoms with E-state index >= 15 is 0 Å². The van der Waals surface area contributed by atoms with Crippen molar-refractivity contribution in [1.82, 2.24) is 4.98 Å². The zero-order valence-electron chi connectivity index (χ0n) is 10.2. The van der Waals surface area contributed by atoms with Crippen molar-refractivity contribution in [3.8, 4) is 5.88 Å². The molecule has 1 aromatic heterocycles. The molecule has 0 radical (unpaired) electrons. The first-order valence-electron chi connectivity index (χ1n) is 5.47. The number of pyridine rings is 1. The Morgan fingerprint density at radius 1 is 1.42 bits per heavy atom. The molecule has 0 unspecified atom stereocenters. The lowest BCUT2D eigenvalue weighted by atomic mass is 10.2. The van der Waals surface area contributed by atoms with E-state index in [1.54, 1.807) is 36.5 Å². The van der Waals surface area contributed by atoms with Gasteiger partial charge in [0.05, 0.1) is 18.5 Å². The molecule has 0 fully saturated rings. The Kier molecular flexibility index (Phi) is 3.87. The minimum Gasteiger partial charge on any atom is -0.480 e. The van der Waals surface area contributed by atoms with Gasteiger partial charge in [-0.15, -0.1) is 0 Å². The number of nitrogens with two attached hydrogens (primary N) is 1. The number of carbonyl (C=O) groups is 1. The monoisotopic (exact) mass is 277 g/mol. The number of carbonyl (C=O) groups excluding carboxylic acids is 1. The number of hydrogen-bond acceptors (Lipinski definition) is 4. The summed E-state index contributed by atoms with van der Waals surface area (Å²) in [6.45, 7) is 0. The maximum absolute atomic E-state index is 12.1. The maximum atomic E-state index is 12.1. The largest absolute Gasteiger partial charge is 0.480 e. The number of hydrogen-bond donors (Lipinski definition) is 2. The van der Waals surface area contributed by atoms with E-state index in [0.717, 1.165) is 0 Å². The fourth-order valence-corrected chi connectivity index (χ4v) is 1.74. The number of anilines is 2. The van der Waals surface area contributed by atoms with Gasteiger partial charge in [0.15, 0.2) is 0 Å². The Labute approximate surface area is 115 Å². The van der Waals surface area contributed by atoms with Gasteiger partial charge in [-0.3, -0.25) is 4.79 Å². The number of ether oxygens (including phenoxy) is 1. The first-order valence-corrected chi connectivity index (χ1v) is 5.85. The van der Waals surface area contributed by atoms with Crippen molar-refractivity contribution in [1.29, 1.82) is 0 Å². The van der Waals surface area contributed by atoms with E-state index in [2.05, 4.69) is 10.3 Å². The summed E-state index contributed by atoms with van der Waals surface area (Å²) in [7, 11) is 1.45. The molecule has 0 aliphatic heterocycles. The fourth-order valence-electron chi connectivity index (χ4n) is 1.56. The second kappa shape index (κ2) is 5.58. The molecule has 19 heavy (non-hydrogen) atoms. The first-order chi connectivity index (χ1) is 9.11. The van der Waals surface area contributed by atoms with E-state index < -0.39 is 0 Å². The van der Waals surface area contributed by atoms with Crippen LogP contribution in [0.5, 0.6) is 5.88 Å². The number of rotatable bonds is 3. The maximum Gasteiger partial charge on any atom is 0.261 e. The van der Waals surface area contributed by atoms with Gasteiger partial charge in [0.2, 0.25) is 5.88 Å². The third-order valence-electron chi connectivity index (χ3n) is 2.47. The Bertz CT molecular complexity index is 617. The molecule has 2 rings (SSSR count). The van der Waals surface area contributed by atoms with Crippen LogP contribution in [0.2, 0.25) is 5.02 Å². The van der Waals surface area contributed by atoms with Crippen molar-refractivity contribution in [2.45, 2.75) is 0 Å². The molecule has 0 spiro atoms. The van der Waals surface area contributed by atoms with Gasteiger partial charge in [-0.2, -0.15) is 0 Å². The van der Waals surface area contributed by atoms with E-state index in [4.69, 9.17) is 22.1 Å². The number of nitrogens with one attached hydrogen (secondary N) is 1. The smallest absolute Gasteiger partial charge is 0.261 e. The quantitative estimate of drug-likeness (QED) is 0.846. The molecule has 0 aliphatic carbocycles. The van der Waals surface area contributed by atoms with Gasteiger partial charge in [-0.1, -0.05) is 11.6 Å². The molecule has 1 heterocycles. The van der Waals surface area contributed by atoms with Crippen LogP contribution in [0.25, 0.3) is 0 Å². The highest BCUT2D eigenvalue weighted by Crippen LogP contribution is 2.24. The topological polar surface area (TPSA) is 77.2 Å². The van der Waals surface area contributed by atoms with Crippen molar-refractivity contribution in [2.24, 2.45) is 0 Å². The molecule has 0 bridgehead atoms. The van der Waals surface area contributed by atoms with E-state index in [9.17, 15) is 4.79 Å². The number of amides is 1. The summed E-state index contributed by atoms with van der Waals surface area (Å²) in [5, 5.41) is 3.19. The van der Waals surface area contributed by atoms with Gasteiger partial charge in [0.25, 0.3) is 5.91 Å². The molecule has 2 aromatic rings. The van der Waals surface area contributed by atoms with Gasteiger partial charge in [-0.25, -0.2) is 4.98 Å². The minimum absolute atomic E-state index is 0.257. The SMILES string of the molecule is COc1ncccc1C(=O)Nc1ccc(Cl)cc1N. The highest BCUT2D eigenvalue weighted by molar-refractivity contribution is 6.31. The van der Waals surface area contributed by atoms with Crippen LogP contribution in [0.15, 0.2) is 36.5 Å². The summed E-state index contributed by atoms with van der Waals surface area (Å²) < 4.78 is 5.03. The fraction of sp³-hybridized carbons (Fsp3) is 0.0769. The number of nitrogens with zero attached hydrogens (tertiary/aromatic N) is 1. The number of halogens is 1. The van der Waals surface area contributed by atoms with Gasteiger partial charge in [0.1, 0.15) is 5.56 Å². The first kappa shape index (κ1) is 13.2. The second-order valence-electron chi connectivity index (χ2n) is 3.75. The average Bonchev–Trinajstić information content (AvgIpc) is 2.41. The molecule has 5 nitrogen and oxygen atoms in total. The van der Waals surface area contributed by atoms with Crippen molar-refractivity contribution in [3.63, 3.8) is 0 Å². The predicted molar refractivity (Wildman–Crippen MR) is 74.6 cm³/mol. The van der Waals surface area contributed by atoms with E-state index in [1.807, 2.05) is 0 Å². The predicted octanol–water partition coefficient (Wildman–Crippen LogP) is 2.58. The van der Waals surface area contributed by atoms with Crippen molar-refractivity contribution in [3.05, 3.63) is 47.1 Å². The normalized spacial score (nSPS) is 10.0. The number of benzene rings is 1. The highest BCUT2D eigenvalue weighted by atomic mass is 35.5. The Morgan fingerprint density at radius 2 is 2.21 bits per heavy atom. The van der Waals surface area contributed by atoms with Crippen LogP contribution >= 0.6 is 11.6 Å². The van der Waals surface area contributed by atoms with Crippen LogP contribution in [0, 0.1) is 0 Å². The van der Waals surface area contributed by atoms with Crippen LogP contribution in [0.1, 0.15) is 10.4 Å². The summed E-state index contributed by atoms with van der Waals surface area (Å²) in [6.07, 6.45) is 1.55. The van der Waals surface area contributed by atoms with Crippen LogP contribution < -0.4 is 15.8 Å². The minimum atomic E-state index is -0.348. The summed E-state index contributed by atoms with van der Waals surface area (Å²) in [4.78, 5) is 16.1. The average molecular weight is 278 g/mol. The van der Waals surface area contributed by atoms with E-state index in [0.29, 0.717) is 22.0 Å². The molecular formula is C13H12ClN3O2. The molecule has 1 aromatic carbocycles. The van der Waals surface area contributed by atoms with Crippen LogP contribution in [-0.2, 0) is 0 Å². The van der Waals surface area contributed by atoms with E-state index in [1.165, 1.54) is 7.11 Å².